The van der Waals surface area contributed by atoms with E-state index in [1.54, 1.807) is 6.11 Å². The summed E-state index contributed by atoms with van der Waals surface area (Å²) < 4.78 is 4.62. The van der Waals surface area contributed by atoms with Crippen LogP contribution in [0.1, 0.15) is 0 Å². The van der Waals surface area contributed by atoms with Crippen molar-refractivity contribution in [2.45, 2.75) is 6.10 Å². The molecule has 0 aromatic carbocycles. The zero-order valence-corrected chi connectivity index (χ0v) is 3.14. The van der Waals surface area contributed by atoms with Crippen LogP contribution in [0.5, 0.6) is 0 Å². The molecule has 2 nitrogen and oxygen atoms in total. The van der Waals surface area contributed by atoms with Gasteiger partial charge in [0.25, 0.3) is 0 Å². The van der Waals surface area contributed by atoms with Gasteiger partial charge < -0.3 is 9.84 Å². The van der Waals surface area contributed by atoms with E-state index in [1.165, 1.54) is 0 Å². The van der Waals surface area contributed by atoms with Gasteiger partial charge in [-0.1, -0.05) is 0 Å². The fraction of sp³-hybridized carbons (Fsp3) is 0.500. The van der Waals surface area contributed by atoms with Crippen LogP contribution in [0.2, 0.25) is 0 Å². The summed E-state index contributed by atoms with van der Waals surface area (Å²) in [5.74, 6) is 2.40. The van der Waals surface area contributed by atoms with Crippen molar-refractivity contribution >= 4 is 0 Å². The molecule has 1 aliphatic heterocycles. The first kappa shape index (κ1) is 3.51. The lowest BCUT2D eigenvalue weighted by Crippen LogP contribution is -1.71. The molecular formula is C4H4O2. The minimum absolute atomic E-state index is 0.0370. The van der Waals surface area contributed by atoms with E-state index >= 15 is 0 Å². The topological polar surface area (TPSA) is 32.8 Å². The lowest BCUT2D eigenvalue weighted by molar-refractivity contribution is 0.442. The zero-order chi connectivity index (χ0) is 4.41. The van der Waals surface area contributed by atoms with E-state index in [0.717, 1.165) is 0 Å². The molecule has 1 unspecified atom stereocenters. The third kappa shape index (κ3) is 0.631. The Bertz CT molecular complexity index is 93.9. The second kappa shape index (κ2) is 1.19. The molecule has 6 heavy (non-hydrogen) atoms. The third-order valence-electron chi connectivity index (χ3n) is 0.559. The van der Waals surface area contributed by atoms with Crippen molar-refractivity contribution in [3.63, 3.8) is 0 Å². The van der Waals surface area contributed by atoms with Gasteiger partial charge >= 0.3 is 0 Å². The van der Waals surface area contributed by atoms with Crippen LogP contribution in [-0.2, 0) is 4.74 Å². The fourth-order valence-corrected chi connectivity index (χ4v) is 0.203. The molecular weight excluding hydrogens is 80.0 g/mol. The first-order valence-electron chi connectivity index (χ1n) is 1.69. The van der Waals surface area contributed by atoms with Gasteiger partial charge in [0.15, 0.2) is 0 Å². The van der Waals surface area contributed by atoms with E-state index in [0.29, 0.717) is 6.61 Å². The molecule has 1 atom stereocenters. The lowest BCUT2D eigenvalue weighted by Gasteiger charge is -1.58. The molecule has 0 radical (unpaired) electrons. The largest absolute Gasteiger partial charge is 0.462 e. The standard InChI is InChI=1S/C4H4O2/c5-2-1-4-3-6-4/h4-5H,3H2. The predicted octanol–water partition coefficient (Wildman–Crippen LogP) is -0.281. The Morgan fingerprint density at radius 3 is 2.67 bits per heavy atom. The number of aliphatic hydroxyl groups is 1. The van der Waals surface area contributed by atoms with Gasteiger partial charge in [0.05, 0.1) is 6.61 Å². The molecule has 0 spiro atoms. The molecule has 1 N–H and O–H groups in total. The zero-order valence-electron chi connectivity index (χ0n) is 3.14. The van der Waals surface area contributed by atoms with E-state index in [9.17, 15) is 0 Å². The maximum atomic E-state index is 7.84. The molecule has 1 fully saturated rings. The number of aliphatic hydroxyl groups excluding tert-OH is 1. The van der Waals surface area contributed by atoms with Gasteiger partial charge in [-0.25, -0.2) is 0 Å². The maximum Gasteiger partial charge on any atom is 0.145 e. The van der Waals surface area contributed by atoms with E-state index in [1.807, 2.05) is 0 Å². The minimum Gasteiger partial charge on any atom is -0.462 e. The summed E-state index contributed by atoms with van der Waals surface area (Å²) in [5, 5.41) is 7.84. The highest BCUT2D eigenvalue weighted by Gasteiger charge is 2.18. The van der Waals surface area contributed by atoms with E-state index in [-0.39, 0.29) is 6.10 Å². The number of ether oxygens (including phenoxy) is 1. The van der Waals surface area contributed by atoms with Crippen molar-refractivity contribution in [2.24, 2.45) is 0 Å². The molecule has 0 aliphatic carbocycles. The van der Waals surface area contributed by atoms with Crippen molar-refractivity contribution in [1.82, 2.24) is 0 Å². The van der Waals surface area contributed by atoms with Crippen LogP contribution in [0.4, 0.5) is 0 Å². The SMILES string of the molecule is OC#CC1CO1. The molecule has 0 amide bonds. The molecule has 0 aromatic heterocycles. The highest BCUT2D eigenvalue weighted by Crippen LogP contribution is 2.04. The summed E-state index contributed by atoms with van der Waals surface area (Å²) in [6.45, 7) is 0.688. The maximum absolute atomic E-state index is 7.84. The van der Waals surface area contributed by atoms with E-state index in [4.69, 9.17) is 5.11 Å². The summed E-state index contributed by atoms with van der Waals surface area (Å²) in [7, 11) is 0. The van der Waals surface area contributed by atoms with Crippen molar-refractivity contribution in [1.29, 1.82) is 0 Å². The molecule has 1 heterocycles. The Kier molecular flexibility index (Phi) is 0.697. The summed E-state index contributed by atoms with van der Waals surface area (Å²) >= 11 is 0. The molecule has 1 saturated heterocycles. The van der Waals surface area contributed by atoms with Crippen molar-refractivity contribution in [2.75, 3.05) is 6.61 Å². The average Bonchev–Trinajstić information content (AvgIpc) is 2.21. The van der Waals surface area contributed by atoms with Crippen LogP contribution in [-0.4, -0.2) is 17.8 Å². The lowest BCUT2D eigenvalue weighted by atomic mass is 10.5. The first-order valence-corrected chi connectivity index (χ1v) is 1.69. The quantitative estimate of drug-likeness (QED) is 0.323. The van der Waals surface area contributed by atoms with Crippen LogP contribution in [0.3, 0.4) is 0 Å². The Morgan fingerprint density at radius 1 is 1.83 bits per heavy atom. The van der Waals surface area contributed by atoms with Crippen LogP contribution in [0, 0.1) is 12.0 Å². The normalized spacial score (nSPS) is 27.7. The van der Waals surface area contributed by atoms with Gasteiger partial charge in [0.2, 0.25) is 0 Å². The minimum atomic E-state index is 0.0370. The van der Waals surface area contributed by atoms with Gasteiger partial charge in [-0.2, -0.15) is 0 Å². The van der Waals surface area contributed by atoms with E-state index in [2.05, 4.69) is 10.7 Å². The predicted molar refractivity (Wildman–Crippen MR) is 19.5 cm³/mol. The Morgan fingerprint density at radius 2 is 2.50 bits per heavy atom. The summed E-state index contributed by atoms with van der Waals surface area (Å²) in [5.41, 5.74) is 0. The molecule has 1 aliphatic rings. The summed E-state index contributed by atoms with van der Waals surface area (Å²) in [6, 6.07) is 0. The van der Waals surface area contributed by atoms with Crippen LogP contribution in [0.25, 0.3) is 0 Å². The fourth-order valence-electron chi connectivity index (χ4n) is 0.203. The van der Waals surface area contributed by atoms with Gasteiger partial charge in [0.1, 0.15) is 12.2 Å². The van der Waals surface area contributed by atoms with Crippen LogP contribution < -0.4 is 0 Å². The number of rotatable bonds is 0. The van der Waals surface area contributed by atoms with Gasteiger partial charge in [0, 0.05) is 0 Å². The highest BCUT2D eigenvalue weighted by molar-refractivity contribution is 5.04. The molecule has 0 saturated carbocycles. The second-order valence-corrected chi connectivity index (χ2v) is 1.08. The number of hydrogen-bond donors (Lipinski definition) is 1. The third-order valence-corrected chi connectivity index (χ3v) is 0.559. The molecule has 0 bridgehead atoms. The highest BCUT2D eigenvalue weighted by atomic mass is 16.6. The monoisotopic (exact) mass is 84.0 g/mol. The molecule has 0 aromatic rings. The molecule has 1 rings (SSSR count). The van der Waals surface area contributed by atoms with Crippen molar-refractivity contribution in [3.8, 4) is 12.0 Å². The van der Waals surface area contributed by atoms with Gasteiger partial charge in [-0.05, 0) is 5.92 Å². The first-order chi connectivity index (χ1) is 2.93. The average molecular weight is 84.1 g/mol. The molecule has 2 heteroatoms. The smallest absolute Gasteiger partial charge is 0.145 e. The Balaban J connectivity index is 2.27. The Labute approximate surface area is 35.7 Å². The van der Waals surface area contributed by atoms with Crippen LogP contribution in [0.15, 0.2) is 0 Å². The molecule has 32 valence electrons. The Hall–Kier alpha value is -0.680. The summed E-state index contributed by atoms with van der Waals surface area (Å²) in [4.78, 5) is 0. The van der Waals surface area contributed by atoms with Crippen molar-refractivity contribution in [3.05, 3.63) is 0 Å². The number of epoxide rings is 1. The number of hydrogen-bond acceptors (Lipinski definition) is 2. The van der Waals surface area contributed by atoms with Gasteiger partial charge in [-0.15, -0.1) is 0 Å². The summed E-state index contributed by atoms with van der Waals surface area (Å²) in [6.07, 6.45) is 1.79. The van der Waals surface area contributed by atoms with Gasteiger partial charge in [-0.3, -0.25) is 0 Å². The van der Waals surface area contributed by atoms with E-state index < -0.39 is 0 Å². The van der Waals surface area contributed by atoms with Crippen LogP contribution >= 0.6 is 0 Å². The van der Waals surface area contributed by atoms with Crippen molar-refractivity contribution < 1.29 is 9.84 Å². The second-order valence-electron chi connectivity index (χ2n) is 1.08.